The predicted molar refractivity (Wildman–Crippen MR) is 64.6 cm³/mol. The Morgan fingerprint density at radius 1 is 1.40 bits per heavy atom. The molecule has 1 nitrogen and oxygen atoms in total. The van der Waals surface area contributed by atoms with E-state index in [1.54, 1.807) is 0 Å². The number of rotatable bonds is 3. The van der Waals surface area contributed by atoms with Crippen LogP contribution in [0.2, 0.25) is 0 Å². The Labute approximate surface area is 90.5 Å². The first kappa shape index (κ1) is 9.86. The molecule has 0 saturated heterocycles. The molecule has 1 aromatic heterocycles. The first-order valence-electron chi connectivity index (χ1n) is 5.32. The maximum Gasteiger partial charge on any atom is 0.0456 e. The molecule has 0 spiro atoms. The second-order valence-electron chi connectivity index (χ2n) is 3.99. The van der Waals surface area contributed by atoms with Gasteiger partial charge in [0.2, 0.25) is 0 Å². The van der Waals surface area contributed by atoms with Gasteiger partial charge in [0.25, 0.3) is 0 Å². The van der Waals surface area contributed by atoms with Gasteiger partial charge in [-0.2, -0.15) is 0 Å². The minimum atomic E-state index is 0.358. The van der Waals surface area contributed by atoms with Gasteiger partial charge in [-0.1, -0.05) is 25.1 Å². The zero-order chi connectivity index (χ0) is 10.7. The van der Waals surface area contributed by atoms with E-state index in [0.29, 0.717) is 5.92 Å². The monoisotopic (exact) mass is 197 g/mol. The summed E-state index contributed by atoms with van der Waals surface area (Å²) in [4.78, 5) is 3.41. The second-order valence-corrected chi connectivity index (χ2v) is 3.99. The van der Waals surface area contributed by atoms with E-state index in [4.69, 9.17) is 6.42 Å². The smallest absolute Gasteiger partial charge is 0.0456 e. The topological polar surface area (TPSA) is 15.8 Å². The van der Waals surface area contributed by atoms with Crippen molar-refractivity contribution in [3.63, 3.8) is 0 Å². The van der Waals surface area contributed by atoms with E-state index < -0.39 is 0 Å². The van der Waals surface area contributed by atoms with E-state index in [0.717, 1.165) is 12.8 Å². The number of hydrogen-bond donors (Lipinski definition) is 1. The van der Waals surface area contributed by atoms with Crippen molar-refractivity contribution in [1.82, 2.24) is 4.98 Å². The Kier molecular flexibility index (Phi) is 2.78. The van der Waals surface area contributed by atoms with Crippen LogP contribution in [0.4, 0.5) is 0 Å². The Bertz CT molecular complexity index is 454. The molecule has 0 aliphatic rings. The Morgan fingerprint density at radius 2 is 2.20 bits per heavy atom. The molecule has 15 heavy (non-hydrogen) atoms. The van der Waals surface area contributed by atoms with Crippen molar-refractivity contribution in [3.05, 3.63) is 36.0 Å². The number of para-hydroxylation sites is 1. The van der Waals surface area contributed by atoms with Crippen molar-refractivity contribution < 1.29 is 0 Å². The number of aromatic nitrogens is 1. The van der Waals surface area contributed by atoms with Gasteiger partial charge in [0.1, 0.15) is 0 Å². The first-order valence-corrected chi connectivity index (χ1v) is 5.32. The number of hydrogen-bond acceptors (Lipinski definition) is 0. The molecule has 2 aromatic rings. The third-order valence-corrected chi connectivity index (χ3v) is 2.72. The van der Waals surface area contributed by atoms with Crippen LogP contribution in [-0.2, 0) is 6.42 Å². The molecule has 0 aliphatic carbocycles. The largest absolute Gasteiger partial charge is 0.358 e. The maximum absolute atomic E-state index is 5.35. The molecular weight excluding hydrogens is 182 g/mol. The van der Waals surface area contributed by atoms with Crippen LogP contribution >= 0.6 is 0 Å². The van der Waals surface area contributed by atoms with Crippen molar-refractivity contribution in [3.8, 4) is 12.3 Å². The SMILES string of the molecule is C#CC(C)CCc1cc2ccccc2[nH]1. The molecule has 1 unspecified atom stereocenters. The van der Waals surface area contributed by atoms with Gasteiger partial charge in [-0.3, -0.25) is 0 Å². The summed E-state index contributed by atoms with van der Waals surface area (Å²) in [5, 5.41) is 1.28. The summed E-state index contributed by atoms with van der Waals surface area (Å²) >= 11 is 0. The van der Waals surface area contributed by atoms with E-state index in [9.17, 15) is 0 Å². The summed E-state index contributed by atoms with van der Waals surface area (Å²) in [7, 11) is 0. The Hall–Kier alpha value is -1.68. The normalized spacial score (nSPS) is 12.5. The molecule has 0 radical (unpaired) electrons. The summed E-state index contributed by atoms with van der Waals surface area (Å²) in [6.45, 7) is 2.09. The second kappa shape index (κ2) is 4.23. The zero-order valence-electron chi connectivity index (χ0n) is 8.96. The van der Waals surface area contributed by atoms with Crippen LogP contribution in [-0.4, -0.2) is 4.98 Å². The van der Waals surface area contributed by atoms with Crippen LogP contribution in [0.25, 0.3) is 10.9 Å². The van der Waals surface area contributed by atoms with Crippen molar-refractivity contribution in [1.29, 1.82) is 0 Å². The highest BCUT2D eigenvalue weighted by Crippen LogP contribution is 2.16. The van der Waals surface area contributed by atoms with Crippen molar-refractivity contribution in [2.24, 2.45) is 5.92 Å². The highest BCUT2D eigenvalue weighted by atomic mass is 14.7. The molecular formula is C14H15N. The minimum Gasteiger partial charge on any atom is -0.358 e. The number of benzene rings is 1. The fourth-order valence-electron chi connectivity index (χ4n) is 1.72. The summed E-state index contributed by atoms with van der Waals surface area (Å²) in [5.41, 5.74) is 2.49. The van der Waals surface area contributed by atoms with Crippen LogP contribution in [0, 0.1) is 18.3 Å². The van der Waals surface area contributed by atoms with E-state index in [-0.39, 0.29) is 0 Å². The van der Waals surface area contributed by atoms with Gasteiger partial charge in [-0.05, 0) is 30.4 Å². The van der Waals surface area contributed by atoms with Crippen molar-refractivity contribution in [2.45, 2.75) is 19.8 Å². The third kappa shape index (κ3) is 2.22. The summed E-state index contributed by atoms with van der Waals surface area (Å²) < 4.78 is 0. The lowest BCUT2D eigenvalue weighted by Gasteiger charge is -2.00. The van der Waals surface area contributed by atoms with E-state index >= 15 is 0 Å². The van der Waals surface area contributed by atoms with Crippen molar-refractivity contribution >= 4 is 10.9 Å². The average Bonchev–Trinajstić information content (AvgIpc) is 2.68. The van der Waals surface area contributed by atoms with E-state index in [1.165, 1.54) is 16.6 Å². The van der Waals surface area contributed by atoms with Gasteiger partial charge in [0.15, 0.2) is 0 Å². The Morgan fingerprint density at radius 3 is 2.93 bits per heavy atom. The zero-order valence-corrected chi connectivity index (χ0v) is 8.96. The van der Waals surface area contributed by atoms with Gasteiger partial charge in [-0.15, -0.1) is 12.3 Å². The van der Waals surface area contributed by atoms with Gasteiger partial charge >= 0.3 is 0 Å². The first-order chi connectivity index (χ1) is 7.29. The maximum atomic E-state index is 5.35. The van der Waals surface area contributed by atoms with Gasteiger partial charge in [0, 0.05) is 17.1 Å². The summed E-state index contributed by atoms with van der Waals surface area (Å²) in [6.07, 6.45) is 7.42. The van der Waals surface area contributed by atoms with E-state index in [1.807, 2.05) is 6.07 Å². The summed E-state index contributed by atoms with van der Waals surface area (Å²) in [5.74, 6) is 3.11. The molecule has 0 amide bonds. The molecule has 0 fully saturated rings. The molecule has 0 bridgehead atoms. The summed E-state index contributed by atoms with van der Waals surface area (Å²) in [6, 6.07) is 10.5. The quantitative estimate of drug-likeness (QED) is 0.726. The number of fused-ring (bicyclic) bond motifs is 1. The minimum absolute atomic E-state index is 0.358. The number of aromatic amines is 1. The van der Waals surface area contributed by atoms with E-state index in [2.05, 4.69) is 42.1 Å². The van der Waals surface area contributed by atoms with Crippen molar-refractivity contribution in [2.75, 3.05) is 0 Å². The number of terminal acetylenes is 1. The van der Waals surface area contributed by atoms with Crippen LogP contribution in [0.15, 0.2) is 30.3 Å². The lowest BCUT2D eigenvalue weighted by atomic mass is 10.1. The van der Waals surface area contributed by atoms with Crippen LogP contribution in [0.3, 0.4) is 0 Å². The highest BCUT2D eigenvalue weighted by Gasteiger charge is 2.02. The lowest BCUT2D eigenvalue weighted by molar-refractivity contribution is 0.662. The van der Waals surface area contributed by atoms with Gasteiger partial charge in [0.05, 0.1) is 0 Å². The highest BCUT2D eigenvalue weighted by molar-refractivity contribution is 5.80. The van der Waals surface area contributed by atoms with Crippen LogP contribution in [0.5, 0.6) is 0 Å². The number of H-pyrrole nitrogens is 1. The number of aryl methyl sites for hydroxylation is 1. The fraction of sp³-hybridized carbons (Fsp3) is 0.286. The average molecular weight is 197 g/mol. The molecule has 76 valence electrons. The molecule has 1 N–H and O–H groups in total. The third-order valence-electron chi connectivity index (χ3n) is 2.72. The fourth-order valence-corrected chi connectivity index (χ4v) is 1.72. The molecule has 0 aliphatic heterocycles. The molecule has 1 atom stereocenters. The molecule has 0 saturated carbocycles. The predicted octanol–water partition coefficient (Wildman–Crippen LogP) is 3.37. The molecule has 1 aromatic carbocycles. The molecule has 1 heterocycles. The van der Waals surface area contributed by atoms with Crippen LogP contribution in [0.1, 0.15) is 19.0 Å². The van der Waals surface area contributed by atoms with Gasteiger partial charge in [-0.25, -0.2) is 0 Å². The Balaban J connectivity index is 2.13. The lowest BCUT2D eigenvalue weighted by Crippen LogP contribution is -1.93. The van der Waals surface area contributed by atoms with Crippen LogP contribution < -0.4 is 0 Å². The molecule has 1 heteroatoms. The van der Waals surface area contributed by atoms with Gasteiger partial charge < -0.3 is 4.98 Å². The number of nitrogens with one attached hydrogen (secondary N) is 1. The standard InChI is InChI=1S/C14H15N/c1-3-11(2)8-9-13-10-12-6-4-5-7-14(12)15-13/h1,4-7,10-11,15H,8-9H2,2H3. The molecule has 2 rings (SSSR count).